The average molecular weight is 591 g/mol. The topological polar surface area (TPSA) is 84.9 Å². The number of halogens is 1. The van der Waals surface area contributed by atoms with Crippen molar-refractivity contribution >= 4 is 40.8 Å². The van der Waals surface area contributed by atoms with E-state index in [0.717, 1.165) is 11.1 Å². The number of carbonyl (C=O) groups is 3. The Morgan fingerprint density at radius 2 is 1.60 bits per heavy atom. The van der Waals surface area contributed by atoms with Crippen LogP contribution in [0, 0.1) is 5.92 Å². The predicted octanol–water partition coefficient (Wildman–Crippen LogP) is 6.34. The molecule has 0 aliphatic carbocycles. The van der Waals surface area contributed by atoms with E-state index in [-0.39, 0.29) is 27.8 Å². The number of nitrogens with zero attached hydrogens (tertiary/aromatic N) is 1. The van der Waals surface area contributed by atoms with E-state index >= 15 is 4.79 Å². The van der Waals surface area contributed by atoms with Crippen molar-refractivity contribution < 1.29 is 23.9 Å². The van der Waals surface area contributed by atoms with Gasteiger partial charge in [0, 0.05) is 17.5 Å². The van der Waals surface area contributed by atoms with Crippen molar-refractivity contribution in [2.75, 3.05) is 19.5 Å². The number of benzene rings is 4. The molecule has 7 rings (SSSR count). The van der Waals surface area contributed by atoms with Gasteiger partial charge in [-0.15, -0.1) is 0 Å². The maximum Gasteiger partial charge on any atom is 0.238 e. The minimum Gasteiger partial charge on any atom is -0.497 e. The molecule has 214 valence electrons. The summed E-state index contributed by atoms with van der Waals surface area (Å²) >= 11 is 6.59. The Morgan fingerprint density at radius 1 is 0.860 bits per heavy atom. The first-order valence-electron chi connectivity index (χ1n) is 13.9. The molecule has 43 heavy (non-hydrogen) atoms. The summed E-state index contributed by atoms with van der Waals surface area (Å²) in [7, 11) is 2.99. The minimum atomic E-state index is -1.47. The Bertz CT molecular complexity index is 1850. The number of amides is 1. The Balaban J connectivity index is 1.56. The number of Topliss-reactive ketones (excluding diaryl/α,β-unsaturated/α-hetero) is 2. The summed E-state index contributed by atoms with van der Waals surface area (Å²) in [6, 6.07) is 25.2. The molecule has 4 atom stereocenters. The normalized spacial score (nSPS) is 22.9. The molecule has 4 aromatic carbocycles. The minimum absolute atomic E-state index is 0.220. The Kier molecular flexibility index (Phi) is 6.36. The molecule has 3 aliphatic rings. The number of rotatable bonds is 6. The number of methoxy groups -OCH3 is 2. The summed E-state index contributed by atoms with van der Waals surface area (Å²) in [5, 5.41) is 3.33. The first kappa shape index (κ1) is 27.0. The fourth-order valence-corrected chi connectivity index (χ4v) is 7.39. The molecule has 3 heterocycles. The summed E-state index contributed by atoms with van der Waals surface area (Å²) in [6.45, 7) is 0. The number of anilines is 1. The highest BCUT2D eigenvalue weighted by Crippen LogP contribution is 2.62. The second-order valence-corrected chi connectivity index (χ2v) is 11.3. The van der Waals surface area contributed by atoms with Gasteiger partial charge in [-0.25, -0.2) is 0 Å². The molecule has 0 unspecified atom stereocenters. The number of hydrogen-bond acceptors (Lipinski definition) is 6. The lowest BCUT2D eigenvalue weighted by molar-refractivity contribution is -0.122. The van der Waals surface area contributed by atoms with Crippen LogP contribution in [0.5, 0.6) is 11.5 Å². The van der Waals surface area contributed by atoms with E-state index in [2.05, 4.69) is 5.32 Å². The van der Waals surface area contributed by atoms with Crippen LogP contribution in [0.15, 0.2) is 97.2 Å². The van der Waals surface area contributed by atoms with E-state index in [1.165, 1.54) is 14.2 Å². The molecule has 1 N–H and O–H groups in total. The van der Waals surface area contributed by atoms with Gasteiger partial charge >= 0.3 is 0 Å². The monoisotopic (exact) mass is 590 g/mol. The zero-order valence-corrected chi connectivity index (χ0v) is 24.2. The number of nitrogens with one attached hydrogen (secondary N) is 1. The molecule has 1 spiro atoms. The zero-order valence-electron chi connectivity index (χ0n) is 23.4. The van der Waals surface area contributed by atoms with Crippen molar-refractivity contribution in [3.8, 4) is 11.5 Å². The van der Waals surface area contributed by atoms with Crippen molar-refractivity contribution in [1.29, 1.82) is 0 Å². The summed E-state index contributed by atoms with van der Waals surface area (Å²) in [4.78, 5) is 46.4. The predicted molar refractivity (Wildman–Crippen MR) is 164 cm³/mol. The van der Waals surface area contributed by atoms with E-state index in [4.69, 9.17) is 21.1 Å². The molecule has 8 heteroatoms. The van der Waals surface area contributed by atoms with Crippen LogP contribution in [0.25, 0.3) is 6.08 Å². The SMILES string of the molecule is COc1ccc(OC)c(C(=O)[C@@H]2[C@H](C(=O)c3ccccc3Cl)N3C=Cc4ccccc4[C@@H]3[C@]23C(=O)Nc2ccccc23)c1. The van der Waals surface area contributed by atoms with Gasteiger partial charge in [-0.05, 0) is 59.2 Å². The standard InChI is InChI=1S/C35H27ClN2O5/c1-42-21-15-16-28(43-2)24(19-21)31(39)29-30(32(40)23-11-5-7-13-26(23)36)38-18-17-20-9-3-4-10-22(20)33(38)35(29)25-12-6-8-14-27(25)37-34(35)41/h3-19,29-30,33H,1-2H3,(H,37,41)/t29-,30+,33+,35+/m0/s1. The smallest absolute Gasteiger partial charge is 0.238 e. The molecule has 1 saturated heterocycles. The largest absolute Gasteiger partial charge is 0.497 e. The summed E-state index contributed by atoms with van der Waals surface area (Å²) in [5.41, 5.74) is 2.06. The third-order valence-corrected chi connectivity index (χ3v) is 9.26. The molecule has 0 aromatic heterocycles. The van der Waals surface area contributed by atoms with Gasteiger partial charge in [-0.1, -0.05) is 66.2 Å². The van der Waals surface area contributed by atoms with Crippen molar-refractivity contribution in [3.63, 3.8) is 0 Å². The van der Waals surface area contributed by atoms with E-state index in [0.29, 0.717) is 22.7 Å². The van der Waals surface area contributed by atoms with Gasteiger partial charge < -0.3 is 19.7 Å². The van der Waals surface area contributed by atoms with Crippen LogP contribution < -0.4 is 14.8 Å². The number of para-hydroxylation sites is 1. The molecule has 1 fully saturated rings. The van der Waals surface area contributed by atoms with Crippen LogP contribution in [0.2, 0.25) is 5.02 Å². The van der Waals surface area contributed by atoms with Crippen LogP contribution in [0.1, 0.15) is 43.4 Å². The lowest BCUT2D eigenvalue weighted by Crippen LogP contribution is -2.49. The fraction of sp³-hybridized carbons (Fsp3) is 0.171. The van der Waals surface area contributed by atoms with Crippen LogP contribution in [0.3, 0.4) is 0 Å². The maximum absolute atomic E-state index is 15.1. The molecule has 3 aliphatic heterocycles. The maximum atomic E-state index is 15.1. The van der Waals surface area contributed by atoms with Crippen molar-refractivity contribution in [2.45, 2.75) is 17.5 Å². The number of fused-ring (bicyclic) bond motifs is 6. The lowest BCUT2D eigenvalue weighted by Gasteiger charge is -2.38. The molecule has 1 amide bonds. The molecular formula is C35H27ClN2O5. The molecular weight excluding hydrogens is 564 g/mol. The summed E-state index contributed by atoms with van der Waals surface area (Å²) < 4.78 is 11.1. The van der Waals surface area contributed by atoms with Crippen molar-refractivity contribution in [2.24, 2.45) is 5.92 Å². The van der Waals surface area contributed by atoms with E-state index in [1.54, 1.807) is 42.5 Å². The first-order chi connectivity index (χ1) is 20.9. The highest BCUT2D eigenvalue weighted by Gasteiger charge is 2.71. The summed E-state index contributed by atoms with van der Waals surface area (Å²) in [6.07, 6.45) is 3.75. The fourth-order valence-electron chi connectivity index (χ4n) is 7.16. The Hall–Kier alpha value is -4.88. The Morgan fingerprint density at radius 3 is 2.40 bits per heavy atom. The number of ether oxygens (including phenoxy) is 2. The highest BCUT2D eigenvalue weighted by atomic mass is 35.5. The van der Waals surface area contributed by atoms with Gasteiger partial charge in [0.1, 0.15) is 23.0 Å². The summed E-state index contributed by atoms with van der Waals surface area (Å²) in [5.74, 6) is -1.51. The van der Waals surface area contributed by atoms with E-state index < -0.39 is 29.2 Å². The van der Waals surface area contributed by atoms with Crippen LogP contribution in [-0.2, 0) is 10.2 Å². The lowest BCUT2D eigenvalue weighted by atomic mass is 9.62. The molecule has 0 saturated carbocycles. The van der Waals surface area contributed by atoms with Crippen LogP contribution in [0.4, 0.5) is 5.69 Å². The van der Waals surface area contributed by atoms with Gasteiger partial charge in [0.15, 0.2) is 11.6 Å². The highest BCUT2D eigenvalue weighted by molar-refractivity contribution is 6.34. The third-order valence-electron chi connectivity index (χ3n) is 8.93. The number of hydrogen-bond donors (Lipinski definition) is 1. The van der Waals surface area contributed by atoms with Gasteiger partial charge in [0.2, 0.25) is 5.91 Å². The average Bonchev–Trinajstić information content (AvgIpc) is 3.52. The number of ketones is 2. The number of carbonyl (C=O) groups excluding carboxylic acids is 3. The molecule has 4 aromatic rings. The quantitative estimate of drug-likeness (QED) is 0.264. The first-order valence-corrected chi connectivity index (χ1v) is 14.3. The van der Waals surface area contributed by atoms with Crippen molar-refractivity contribution in [1.82, 2.24) is 4.90 Å². The second-order valence-electron chi connectivity index (χ2n) is 10.9. The van der Waals surface area contributed by atoms with E-state index in [9.17, 15) is 9.59 Å². The third kappa shape index (κ3) is 3.78. The van der Waals surface area contributed by atoms with Gasteiger partial charge in [-0.3, -0.25) is 14.4 Å². The zero-order chi connectivity index (χ0) is 29.9. The van der Waals surface area contributed by atoms with Crippen LogP contribution in [-0.4, -0.2) is 42.6 Å². The van der Waals surface area contributed by atoms with Crippen LogP contribution >= 0.6 is 11.6 Å². The van der Waals surface area contributed by atoms with Gasteiger partial charge in [0.05, 0.1) is 36.8 Å². The Labute approximate surface area is 253 Å². The van der Waals surface area contributed by atoms with Gasteiger partial charge in [-0.2, -0.15) is 0 Å². The molecule has 0 bridgehead atoms. The van der Waals surface area contributed by atoms with Gasteiger partial charge in [0.25, 0.3) is 0 Å². The van der Waals surface area contributed by atoms with Crippen molar-refractivity contribution in [3.05, 3.63) is 130 Å². The molecule has 7 nitrogen and oxygen atoms in total. The molecule has 0 radical (unpaired) electrons. The second kappa shape index (κ2) is 10.1. The van der Waals surface area contributed by atoms with E-state index in [1.807, 2.05) is 65.7 Å².